The Kier molecular flexibility index (Phi) is 8.70. The van der Waals surface area contributed by atoms with Crippen LogP contribution < -0.4 is 21.0 Å². The van der Waals surface area contributed by atoms with Gasteiger partial charge in [-0.25, -0.2) is 9.36 Å². The number of hydrogen-bond acceptors (Lipinski definition) is 10. The molecule has 0 aliphatic carbocycles. The predicted octanol–water partition coefficient (Wildman–Crippen LogP) is 2.62. The highest BCUT2D eigenvalue weighted by Crippen LogP contribution is 2.45. The van der Waals surface area contributed by atoms with Crippen molar-refractivity contribution in [1.82, 2.24) is 14.6 Å². The van der Waals surface area contributed by atoms with Gasteiger partial charge in [-0.1, -0.05) is 48.5 Å². The van der Waals surface area contributed by atoms with Gasteiger partial charge in [-0.3, -0.25) is 13.9 Å². The van der Waals surface area contributed by atoms with Crippen LogP contribution in [0.3, 0.4) is 0 Å². The Morgan fingerprint density at radius 2 is 1.89 bits per heavy atom. The molecule has 1 aliphatic heterocycles. The van der Waals surface area contributed by atoms with Crippen LogP contribution >= 0.6 is 7.75 Å². The van der Waals surface area contributed by atoms with E-state index >= 15 is 0 Å². The van der Waals surface area contributed by atoms with Crippen molar-refractivity contribution in [2.45, 2.75) is 32.1 Å². The van der Waals surface area contributed by atoms with Gasteiger partial charge in [0.25, 0.3) is 0 Å². The molecule has 0 amide bonds. The average molecular weight is 530 g/mol. The molecule has 12 nitrogen and oxygen atoms in total. The summed E-state index contributed by atoms with van der Waals surface area (Å²) in [7, 11) is -4.12. The number of carbonyl (C=O) groups excluding carboxylic acids is 1. The number of anilines is 1. The molecule has 37 heavy (non-hydrogen) atoms. The molecule has 0 radical (unpaired) electrons. The molecule has 3 N–H and O–H groups in total. The number of nitrogens with two attached hydrogens (primary N) is 1. The summed E-state index contributed by atoms with van der Waals surface area (Å²) in [5.74, 6) is -0.302. The van der Waals surface area contributed by atoms with Crippen LogP contribution in [-0.2, 0) is 34.7 Å². The molecule has 196 valence electrons. The van der Waals surface area contributed by atoms with Gasteiger partial charge in [-0.05, 0) is 30.7 Å². The maximum absolute atomic E-state index is 13.6. The van der Waals surface area contributed by atoms with Gasteiger partial charge < -0.3 is 24.5 Å². The SMILES string of the molecule is C[C@H](NP(=O)(OC[C@H]1OC[C@@H](n2ccc(N)nc2=O)O1)Oc1ccccc1)C(=O)OCc1ccccc1. The van der Waals surface area contributed by atoms with Crippen molar-refractivity contribution < 1.29 is 32.6 Å². The van der Waals surface area contributed by atoms with Crippen molar-refractivity contribution in [3.63, 3.8) is 0 Å². The minimum atomic E-state index is -4.12. The highest BCUT2D eigenvalue weighted by Gasteiger charge is 2.36. The number of hydrogen-bond donors (Lipinski definition) is 2. The van der Waals surface area contributed by atoms with Crippen molar-refractivity contribution in [3.05, 3.63) is 89.0 Å². The lowest BCUT2D eigenvalue weighted by atomic mass is 10.2. The lowest BCUT2D eigenvalue weighted by molar-refractivity contribution is -0.146. The lowest BCUT2D eigenvalue weighted by Gasteiger charge is -2.23. The van der Waals surface area contributed by atoms with Gasteiger partial charge in [0.2, 0.25) is 0 Å². The van der Waals surface area contributed by atoms with E-state index < -0.39 is 38.0 Å². The number of aromatic nitrogens is 2. The summed E-state index contributed by atoms with van der Waals surface area (Å²) in [6.07, 6.45) is -0.303. The van der Waals surface area contributed by atoms with E-state index in [0.717, 1.165) is 5.56 Å². The lowest BCUT2D eigenvalue weighted by Crippen LogP contribution is -2.35. The smallest absolute Gasteiger partial charge is 0.459 e. The van der Waals surface area contributed by atoms with Crippen LogP contribution in [0.4, 0.5) is 5.82 Å². The molecule has 1 unspecified atom stereocenters. The normalized spacial score (nSPS) is 19.6. The molecular weight excluding hydrogens is 503 g/mol. The number of nitrogens with one attached hydrogen (secondary N) is 1. The van der Waals surface area contributed by atoms with E-state index in [4.69, 9.17) is 29.0 Å². The average Bonchev–Trinajstić information content (AvgIpc) is 3.36. The van der Waals surface area contributed by atoms with E-state index in [2.05, 4.69) is 10.1 Å². The molecule has 13 heteroatoms. The first-order valence-electron chi connectivity index (χ1n) is 11.4. The third-order valence-corrected chi connectivity index (χ3v) is 6.82. The van der Waals surface area contributed by atoms with Crippen molar-refractivity contribution in [2.24, 2.45) is 0 Å². The first-order valence-corrected chi connectivity index (χ1v) is 12.9. The monoisotopic (exact) mass is 530 g/mol. The van der Waals surface area contributed by atoms with Crippen molar-refractivity contribution >= 4 is 19.5 Å². The Morgan fingerprint density at radius 1 is 1.19 bits per heavy atom. The summed E-state index contributed by atoms with van der Waals surface area (Å²) in [4.78, 5) is 28.3. The number of nitrogen functional groups attached to an aromatic ring is 1. The second-order valence-electron chi connectivity index (χ2n) is 8.04. The number of para-hydroxylation sites is 1. The molecular formula is C24H27N4O8P. The van der Waals surface area contributed by atoms with Gasteiger partial charge in [0.15, 0.2) is 12.5 Å². The molecule has 1 aromatic heterocycles. The molecule has 0 spiro atoms. The number of benzene rings is 2. The van der Waals surface area contributed by atoms with Crippen LogP contribution in [-0.4, -0.2) is 41.1 Å². The Bertz CT molecular complexity index is 1290. The van der Waals surface area contributed by atoms with E-state index in [9.17, 15) is 14.2 Å². The minimum Gasteiger partial charge on any atom is -0.460 e. The van der Waals surface area contributed by atoms with E-state index in [-0.39, 0.29) is 31.4 Å². The number of nitrogens with zero attached hydrogens (tertiary/aromatic N) is 2. The zero-order valence-electron chi connectivity index (χ0n) is 20.0. The molecule has 4 atom stereocenters. The molecule has 1 saturated heterocycles. The Morgan fingerprint density at radius 3 is 2.59 bits per heavy atom. The van der Waals surface area contributed by atoms with E-state index in [1.54, 1.807) is 30.3 Å². The van der Waals surface area contributed by atoms with Crippen LogP contribution in [0.2, 0.25) is 0 Å². The minimum absolute atomic E-state index is 0.0268. The maximum atomic E-state index is 13.6. The quantitative estimate of drug-likeness (QED) is 0.278. The summed E-state index contributed by atoms with van der Waals surface area (Å²) >= 11 is 0. The topological polar surface area (TPSA) is 153 Å². The van der Waals surface area contributed by atoms with Crippen LogP contribution in [0.5, 0.6) is 5.75 Å². The van der Waals surface area contributed by atoms with Gasteiger partial charge in [0.1, 0.15) is 30.8 Å². The largest absolute Gasteiger partial charge is 0.460 e. The standard InChI is InChI=1S/C24H27N4O8P/c1-17(23(29)33-14-18-8-4-2-5-9-18)27-37(31,36-19-10-6-3-7-11-19)34-16-22-32-15-21(35-22)28-13-12-20(25)26-24(28)30/h2-13,17,21-22H,14-16H2,1H3,(H,27,31)(H2,25,26,30)/t17-,21-,22-,37?/m0/s1. The van der Waals surface area contributed by atoms with E-state index in [1.807, 2.05) is 30.3 Å². The fourth-order valence-corrected chi connectivity index (χ4v) is 4.81. The van der Waals surface area contributed by atoms with Crippen LogP contribution in [0.15, 0.2) is 77.7 Å². The van der Waals surface area contributed by atoms with Gasteiger partial charge >= 0.3 is 19.4 Å². The van der Waals surface area contributed by atoms with Crippen molar-refractivity contribution in [2.75, 3.05) is 18.9 Å². The molecule has 2 aromatic carbocycles. The zero-order chi connectivity index (χ0) is 26.3. The Balaban J connectivity index is 1.38. The summed E-state index contributed by atoms with van der Waals surface area (Å²) < 4.78 is 42.6. The highest BCUT2D eigenvalue weighted by atomic mass is 31.2. The summed E-state index contributed by atoms with van der Waals surface area (Å²) in [5.41, 5.74) is 5.73. The Hall–Kier alpha value is -3.54. The second-order valence-corrected chi connectivity index (χ2v) is 9.73. The van der Waals surface area contributed by atoms with E-state index in [0.29, 0.717) is 0 Å². The summed E-state index contributed by atoms with van der Waals surface area (Å²) in [5, 5.41) is 2.61. The molecule has 1 fully saturated rings. The van der Waals surface area contributed by atoms with Crippen LogP contribution in [0.25, 0.3) is 0 Å². The third-order valence-electron chi connectivity index (χ3n) is 5.17. The van der Waals surface area contributed by atoms with Crippen molar-refractivity contribution in [3.8, 4) is 5.75 Å². The second kappa shape index (κ2) is 12.1. The number of ether oxygens (including phenoxy) is 3. The molecule has 0 bridgehead atoms. The molecule has 1 aliphatic rings. The summed E-state index contributed by atoms with van der Waals surface area (Å²) in [6, 6.07) is 17.9. The highest BCUT2D eigenvalue weighted by molar-refractivity contribution is 7.52. The number of esters is 1. The predicted molar refractivity (Wildman–Crippen MR) is 132 cm³/mol. The van der Waals surface area contributed by atoms with Gasteiger partial charge in [0.05, 0.1) is 6.61 Å². The van der Waals surface area contributed by atoms with Gasteiger partial charge in [-0.2, -0.15) is 10.1 Å². The van der Waals surface area contributed by atoms with Crippen LogP contribution in [0.1, 0.15) is 18.7 Å². The van der Waals surface area contributed by atoms with Crippen LogP contribution in [0, 0.1) is 0 Å². The fraction of sp³-hybridized carbons (Fsp3) is 0.292. The molecule has 2 heterocycles. The fourth-order valence-electron chi connectivity index (χ4n) is 3.33. The van der Waals surface area contributed by atoms with Crippen molar-refractivity contribution in [1.29, 1.82) is 0 Å². The first kappa shape index (κ1) is 26.5. The molecule has 0 saturated carbocycles. The molecule has 3 aromatic rings. The van der Waals surface area contributed by atoms with Gasteiger partial charge in [-0.15, -0.1) is 0 Å². The Labute approximate surface area is 212 Å². The maximum Gasteiger partial charge on any atom is 0.459 e. The van der Waals surface area contributed by atoms with Gasteiger partial charge in [0, 0.05) is 6.20 Å². The summed E-state index contributed by atoms with van der Waals surface area (Å²) in [6.45, 7) is 1.24. The number of carbonyl (C=O) groups is 1. The first-order chi connectivity index (χ1) is 17.8. The number of rotatable bonds is 11. The van der Waals surface area contributed by atoms with E-state index in [1.165, 1.54) is 23.8 Å². The zero-order valence-corrected chi connectivity index (χ0v) is 20.9. The third kappa shape index (κ3) is 7.48. The molecule has 4 rings (SSSR count).